The molecule has 0 unspecified atom stereocenters. The Hall–Kier alpha value is -1.76. The molecule has 2 saturated heterocycles. The van der Waals surface area contributed by atoms with Crippen LogP contribution in [0.4, 0.5) is 0 Å². The highest BCUT2D eigenvalue weighted by Gasteiger charge is 2.66. The minimum absolute atomic E-state index is 0.0771. The number of carbonyl (C=O) groups excluding carboxylic acids is 1. The van der Waals surface area contributed by atoms with E-state index in [0.717, 1.165) is 37.5 Å². The first-order chi connectivity index (χ1) is 14.2. The Balaban J connectivity index is 1.38. The van der Waals surface area contributed by atoms with E-state index in [1.165, 1.54) is 24.8 Å². The van der Waals surface area contributed by atoms with Crippen LogP contribution in [0.25, 0.3) is 0 Å². The van der Waals surface area contributed by atoms with Gasteiger partial charge in [-0.2, -0.15) is 0 Å². The fraction of sp³-hybridized carbons (Fsp3) is 0.565. The summed E-state index contributed by atoms with van der Waals surface area (Å²) >= 11 is 1.66. The predicted molar refractivity (Wildman–Crippen MR) is 114 cm³/mol. The molecule has 1 aromatic carbocycles. The number of rotatable bonds is 5. The molecule has 2 aromatic rings. The molecule has 5 rings (SSSR count). The van der Waals surface area contributed by atoms with Crippen LogP contribution in [0.1, 0.15) is 48.6 Å². The topological polar surface area (TPSA) is 56.7 Å². The smallest absolute Gasteiger partial charge is 0.225 e. The van der Waals surface area contributed by atoms with Crippen LogP contribution in [-0.4, -0.2) is 57.1 Å². The summed E-state index contributed by atoms with van der Waals surface area (Å²) in [5.41, 5.74) is 1.19. The van der Waals surface area contributed by atoms with Crippen molar-refractivity contribution in [2.24, 2.45) is 5.92 Å². The van der Waals surface area contributed by atoms with Crippen LogP contribution in [0.3, 0.4) is 0 Å². The molecule has 1 spiro atoms. The van der Waals surface area contributed by atoms with Crippen molar-refractivity contribution in [3.8, 4) is 0 Å². The monoisotopic (exact) mass is 411 g/mol. The number of amides is 1. The molecule has 1 aliphatic carbocycles. The number of thiazole rings is 1. The van der Waals surface area contributed by atoms with E-state index < -0.39 is 0 Å². The average molecular weight is 412 g/mol. The largest absolute Gasteiger partial charge is 0.395 e. The highest BCUT2D eigenvalue weighted by molar-refractivity contribution is 7.09. The first-order valence-electron chi connectivity index (χ1n) is 10.8. The summed E-state index contributed by atoms with van der Waals surface area (Å²) in [5, 5.41) is 13.3. The third kappa shape index (κ3) is 3.22. The summed E-state index contributed by atoms with van der Waals surface area (Å²) in [5.74, 6) is 0.824. The minimum atomic E-state index is -0.0786. The third-order valence-electron chi connectivity index (χ3n) is 7.27. The van der Waals surface area contributed by atoms with E-state index in [0.29, 0.717) is 5.91 Å². The number of carbonyl (C=O) groups is 1. The number of nitrogens with zero attached hydrogens (tertiary/aromatic N) is 3. The number of aromatic nitrogens is 1. The van der Waals surface area contributed by atoms with Gasteiger partial charge < -0.3 is 10.0 Å². The summed E-state index contributed by atoms with van der Waals surface area (Å²) in [6.07, 6.45) is 7.58. The lowest BCUT2D eigenvalue weighted by Crippen LogP contribution is -2.84. The van der Waals surface area contributed by atoms with E-state index in [1.54, 1.807) is 11.3 Å². The second-order valence-corrected chi connectivity index (χ2v) is 9.80. The maximum Gasteiger partial charge on any atom is 0.225 e. The van der Waals surface area contributed by atoms with E-state index in [4.69, 9.17) is 0 Å². The fourth-order valence-corrected chi connectivity index (χ4v) is 6.48. The summed E-state index contributed by atoms with van der Waals surface area (Å²) in [7, 11) is 0. The van der Waals surface area contributed by atoms with Crippen LogP contribution < -0.4 is 0 Å². The van der Waals surface area contributed by atoms with Crippen LogP contribution in [0, 0.1) is 5.92 Å². The van der Waals surface area contributed by atoms with Crippen molar-refractivity contribution in [2.75, 3.05) is 19.7 Å². The molecule has 1 N–H and O–H groups in total. The second-order valence-electron chi connectivity index (χ2n) is 8.82. The van der Waals surface area contributed by atoms with Gasteiger partial charge in [0.2, 0.25) is 5.91 Å². The van der Waals surface area contributed by atoms with Gasteiger partial charge in [-0.25, -0.2) is 4.98 Å². The Morgan fingerprint density at radius 3 is 2.59 bits per heavy atom. The van der Waals surface area contributed by atoms with Crippen LogP contribution in [-0.2, 0) is 11.3 Å². The van der Waals surface area contributed by atoms with Crippen LogP contribution in [0.2, 0.25) is 0 Å². The van der Waals surface area contributed by atoms with Crippen molar-refractivity contribution in [1.82, 2.24) is 14.8 Å². The van der Waals surface area contributed by atoms with Gasteiger partial charge in [0.15, 0.2) is 0 Å². The standard InChI is InChI=1S/C23H29N3O2S/c27-14-19-21(17-7-3-1-4-8-17)23(26(19)13-20-24-11-12-29-20)15-25(16-23)22(28)18-9-5-2-6-10-18/h1,3-4,7-8,11-12,18-19,21,27H,2,5-6,9-10,13-16H2/t19-,21-/m1/s1. The van der Waals surface area contributed by atoms with Gasteiger partial charge in [0.05, 0.1) is 18.7 Å². The number of hydrogen-bond acceptors (Lipinski definition) is 5. The quantitative estimate of drug-likeness (QED) is 0.821. The molecule has 154 valence electrons. The van der Waals surface area contributed by atoms with Crippen LogP contribution >= 0.6 is 11.3 Å². The molecule has 2 aliphatic heterocycles. The minimum Gasteiger partial charge on any atom is -0.395 e. The van der Waals surface area contributed by atoms with E-state index in [9.17, 15) is 9.90 Å². The van der Waals surface area contributed by atoms with Gasteiger partial charge in [-0.15, -0.1) is 11.3 Å². The molecule has 0 radical (unpaired) electrons. The van der Waals surface area contributed by atoms with E-state index in [-0.39, 0.29) is 30.0 Å². The van der Waals surface area contributed by atoms with Gasteiger partial charge in [-0.1, -0.05) is 49.6 Å². The second kappa shape index (κ2) is 7.82. The van der Waals surface area contributed by atoms with Gasteiger partial charge in [0.1, 0.15) is 5.01 Å². The molecule has 6 heteroatoms. The Kier molecular flexibility index (Phi) is 5.18. The van der Waals surface area contributed by atoms with Crippen molar-refractivity contribution in [3.63, 3.8) is 0 Å². The fourth-order valence-electron chi connectivity index (χ4n) is 5.87. The van der Waals surface area contributed by atoms with Gasteiger partial charge >= 0.3 is 0 Å². The lowest BCUT2D eigenvalue weighted by Gasteiger charge is -2.71. The zero-order chi connectivity index (χ0) is 19.8. The highest BCUT2D eigenvalue weighted by atomic mass is 32.1. The van der Waals surface area contributed by atoms with Crippen molar-refractivity contribution >= 4 is 17.2 Å². The maximum absolute atomic E-state index is 13.1. The Bertz CT molecular complexity index is 829. The number of likely N-dealkylation sites (tertiary alicyclic amines) is 2. The van der Waals surface area contributed by atoms with Gasteiger partial charge in [0.25, 0.3) is 0 Å². The average Bonchev–Trinajstić information content (AvgIpc) is 3.24. The summed E-state index contributed by atoms with van der Waals surface area (Å²) in [4.78, 5) is 22.0. The molecule has 1 aromatic heterocycles. The van der Waals surface area contributed by atoms with Gasteiger partial charge in [-0.3, -0.25) is 9.69 Å². The summed E-state index contributed by atoms with van der Waals surface area (Å²) < 4.78 is 0. The molecule has 3 aliphatic rings. The SMILES string of the molecule is O=C(C1CCCCC1)N1CC2(C1)[C@H](c1ccccc1)[C@@H](CO)N2Cc1nccs1. The number of benzene rings is 1. The van der Waals surface area contributed by atoms with Crippen molar-refractivity contribution in [3.05, 3.63) is 52.5 Å². The Labute approximate surface area is 176 Å². The number of aliphatic hydroxyl groups excluding tert-OH is 1. The highest BCUT2D eigenvalue weighted by Crippen LogP contribution is 2.54. The Morgan fingerprint density at radius 2 is 1.93 bits per heavy atom. The zero-order valence-electron chi connectivity index (χ0n) is 16.7. The van der Waals surface area contributed by atoms with Crippen LogP contribution in [0.15, 0.2) is 41.9 Å². The molecular weight excluding hydrogens is 382 g/mol. The van der Waals surface area contributed by atoms with E-state index >= 15 is 0 Å². The van der Waals surface area contributed by atoms with Gasteiger partial charge in [-0.05, 0) is 18.4 Å². The zero-order valence-corrected chi connectivity index (χ0v) is 17.6. The maximum atomic E-state index is 13.1. The lowest BCUT2D eigenvalue weighted by molar-refractivity contribution is -0.202. The molecule has 3 fully saturated rings. The van der Waals surface area contributed by atoms with Crippen molar-refractivity contribution in [1.29, 1.82) is 0 Å². The van der Waals surface area contributed by atoms with Crippen LogP contribution in [0.5, 0.6) is 0 Å². The molecule has 1 saturated carbocycles. The first kappa shape index (κ1) is 19.2. The molecular formula is C23H29N3O2S. The molecule has 29 heavy (non-hydrogen) atoms. The predicted octanol–water partition coefficient (Wildman–Crippen LogP) is 3.26. The summed E-state index contributed by atoms with van der Waals surface area (Å²) in [6.45, 7) is 2.41. The molecule has 1 amide bonds. The third-order valence-corrected chi connectivity index (χ3v) is 8.03. The first-order valence-corrected chi connectivity index (χ1v) is 11.7. The Morgan fingerprint density at radius 1 is 1.17 bits per heavy atom. The van der Waals surface area contributed by atoms with Crippen molar-refractivity contribution < 1.29 is 9.90 Å². The number of hydrogen-bond donors (Lipinski definition) is 1. The molecule has 0 bridgehead atoms. The molecule has 3 heterocycles. The van der Waals surface area contributed by atoms with E-state index in [1.807, 2.05) is 17.6 Å². The van der Waals surface area contributed by atoms with Gasteiger partial charge in [0, 0.05) is 42.5 Å². The summed E-state index contributed by atoms with van der Waals surface area (Å²) in [6, 6.07) is 10.6. The molecule has 5 nitrogen and oxygen atoms in total. The molecule has 2 atom stereocenters. The van der Waals surface area contributed by atoms with Crippen molar-refractivity contribution in [2.45, 2.75) is 56.1 Å². The lowest BCUT2D eigenvalue weighted by atomic mass is 9.60. The normalized spacial score (nSPS) is 26.9. The van der Waals surface area contributed by atoms with E-state index in [2.05, 4.69) is 39.0 Å². The number of aliphatic hydroxyl groups is 1.